The summed E-state index contributed by atoms with van der Waals surface area (Å²) >= 11 is 0. The highest BCUT2D eigenvalue weighted by molar-refractivity contribution is 6.21. The number of nitrogens with zero attached hydrogens (tertiary/aromatic N) is 4. The normalized spacial score (nSPS) is 11.3. The lowest BCUT2D eigenvalue weighted by Crippen LogP contribution is -2.09. The Bertz CT molecular complexity index is 2850. The van der Waals surface area contributed by atoms with Gasteiger partial charge in [0.1, 0.15) is 11.2 Å². The molecule has 0 radical (unpaired) electrons. The van der Waals surface area contributed by atoms with Crippen LogP contribution in [0, 0.1) is 0 Å². The smallest absolute Gasteiger partial charge is 0.164 e. The van der Waals surface area contributed by atoms with Crippen molar-refractivity contribution in [2.75, 3.05) is 4.90 Å². The van der Waals surface area contributed by atoms with Crippen LogP contribution in [-0.4, -0.2) is 15.0 Å². The molecule has 2 aromatic heterocycles. The lowest BCUT2D eigenvalue weighted by atomic mass is 9.98. The quantitative estimate of drug-likeness (QED) is 0.166. The maximum atomic E-state index is 6.78. The van der Waals surface area contributed by atoms with Gasteiger partial charge in [0.15, 0.2) is 17.5 Å². The zero-order chi connectivity index (χ0) is 35.8. The van der Waals surface area contributed by atoms with Gasteiger partial charge in [0.25, 0.3) is 0 Å². The molecule has 0 saturated heterocycles. The third-order valence-corrected chi connectivity index (χ3v) is 9.89. The average molecular weight is 693 g/mol. The van der Waals surface area contributed by atoms with Gasteiger partial charge >= 0.3 is 0 Å². The predicted molar refractivity (Wildman–Crippen MR) is 221 cm³/mol. The van der Waals surface area contributed by atoms with Crippen molar-refractivity contribution in [3.63, 3.8) is 0 Å². The van der Waals surface area contributed by atoms with E-state index in [2.05, 4.69) is 114 Å². The van der Waals surface area contributed by atoms with Crippen molar-refractivity contribution in [3.05, 3.63) is 194 Å². The highest BCUT2D eigenvalue weighted by atomic mass is 16.3. The van der Waals surface area contributed by atoms with E-state index in [0.29, 0.717) is 17.5 Å². The molecule has 8 aromatic carbocycles. The molecule has 0 aliphatic rings. The lowest BCUT2D eigenvalue weighted by Gasteiger charge is -2.26. The van der Waals surface area contributed by atoms with Crippen molar-refractivity contribution in [1.82, 2.24) is 15.0 Å². The first-order valence-corrected chi connectivity index (χ1v) is 18.0. The summed E-state index contributed by atoms with van der Waals surface area (Å²) < 4.78 is 6.78. The molecule has 0 fully saturated rings. The molecule has 10 aromatic rings. The van der Waals surface area contributed by atoms with E-state index in [1.807, 2.05) is 84.9 Å². The summed E-state index contributed by atoms with van der Waals surface area (Å²) in [5.74, 6) is 1.83. The van der Waals surface area contributed by atoms with Gasteiger partial charge in [-0.3, -0.25) is 0 Å². The van der Waals surface area contributed by atoms with E-state index in [1.54, 1.807) is 0 Å². The predicted octanol–water partition coefficient (Wildman–Crippen LogP) is 13.1. The highest BCUT2D eigenvalue weighted by Crippen LogP contribution is 2.44. The Kier molecular flexibility index (Phi) is 7.73. The number of hydrogen-bond donors (Lipinski definition) is 0. The van der Waals surface area contributed by atoms with Gasteiger partial charge < -0.3 is 9.32 Å². The van der Waals surface area contributed by atoms with E-state index in [-0.39, 0.29) is 0 Å². The fourth-order valence-corrected chi connectivity index (χ4v) is 7.30. The second-order valence-electron chi connectivity index (χ2n) is 13.3. The molecule has 0 bridgehead atoms. The van der Waals surface area contributed by atoms with E-state index >= 15 is 0 Å². The minimum absolute atomic E-state index is 0.592. The molecule has 0 amide bonds. The van der Waals surface area contributed by atoms with E-state index < -0.39 is 0 Å². The van der Waals surface area contributed by atoms with Crippen molar-refractivity contribution >= 4 is 49.8 Å². The van der Waals surface area contributed by atoms with Crippen LogP contribution in [-0.2, 0) is 0 Å². The number of anilines is 3. The summed E-state index contributed by atoms with van der Waals surface area (Å²) in [6.45, 7) is 0. The summed E-state index contributed by atoms with van der Waals surface area (Å²) in [6, 6.07) is 66.9. The first-order valence-electron chi connectivity index (χ1n) is 18.0. The zero-order valence-electron chi connectivity index (χ0n) is 29.2. The Morgan fingerprint density at radius 1 is 0.370 bits per heavy atom. The van der Waals surface area contributed by atoms with Gasteiger partial charge in [-0.2, -0.15) is 0 Å². The van der Waals surface area contributed by atoms with Crippen LogP contribution in [0.2, 0.25) is 0 Å². The minimum Gasteiger partial charge on any atom is -0.455 e. The molecule has 0 unspecified atom stereocenters. The molecule has 0 saturated carbocycles. The van der Waals surface area contributed by atoms with E-state index in [4.69, 9.17) is 19.4 Å². The van der Waals surface area contributed by atoms with Gasteiger partial charge in [0, 0.05) is 49.9 Å². The molecular weight excluding hydrogens is 661 g/mol. The van der Waals surface area contributed by atoms with Gasteiger partial charge in [-0.05, 0) is 65.0 Å². The van der Waals surface area contributed by atoms with Gasteiger partial charge in [-0.1, -0.05) is 146 Å². The van der Waals surface area contributed by atoms with Gasteiger partial charge in [0.2, 0.25) is 0 Å². The fraction of sp³-hybridized carbons (Fsp3) is 0. The Hall–Kier alpha value is -7.37. The first-order chi connectivity index (χ1) is 26.8. The second kappa shape index (κ2) is 13.3. The van der Waals surface area contributed by atoms with Crippen molar-refractivity contribution < 1.29 is 4.42 Å². The molecule has 0 N–H and O–H groups in total. The maximum absolute atomic E-state index is 6.78. The Balaban J connectivity index is 1.19. The SMILES string of the molecule is c1ccc(-c2ccc(N(c3ccccc3)c3ccc4cc(-c5nc(-c6ccccc6)nc(-c6ccccc6)n5)c5c6ccccc6oc5c4c3)cc2)cc1. The number of fused-ring (bicyclic) bond motifs is 5. The summed E-state index contributed by atoms with van der Waals surface area (Å²) in [5.41, 5.74) is 9.85. The molecule has 0 spiro atoms. The fourth-order valence-electron chi connectivity index (χ4n) is 7.30. The molecule has 5 nitrogen and oxygen atoms in total. The van der Waals surface area contributed by atoms with Crippen molar-refractivity contribution in [1.29, 1.82) is 0 Å². The monoisotopic (exact) mass is 692 g/mol. The van der Waals surface area contributed by atoms with Crippen LogP contribution in [0.15, 0.2) is 199 Å². The number of aromatic nitrogens is 3. The van der Waals surface area contributed by atoms with E-state index in [1.165, 1.54) is 11.1 Å². The van der Waals surface area contributed by atoms with Crippen LogP contribution >= 0.6 is 0 Å². The number of hydrogen-bond acceptors (Lipinski definition) is 5. The molecule has 10 rings (SSSR count). The van der Waals surface area contributed by atoms with Crippen molar-refractivity contribution in [3.8, 4) is 45.3 Å². The molecule has 0 aliphatic heterocycles. The highest BCUT2D eigenvalue weighted by Gasteiger charge is 2.22. The minimum atomic E-state index is 0.592. The summed E-state index contributed by atoms with van der Waals surface area (Å²) in [5, 5.41) is 4.01. The maximum Gasteiger partial charge on any atom is 0.164 e. The summed E-state index contributed by atoms with van der Waals surface area (Å²) in [4.78, 5) is 17.5. The molecule has 2 heterocycles. The van der Waals surface area contributed by atoms with Gasteiger partial charge in [-0.15, -0.1) is 0 Å². The van der Waals surface area contributed by atoms with E-state index in [0.717, 1.165) is 66.5 Å². The number of benzene rings is 8. The van der Waals surface area contributed by atoms with Gasteiger partial charge in [-0.25, -0.2) is 15.0 Å². The number of rotatable bonds is 7. The van der Waals surface area contributed by atoms with Crippen LogP contribution in [0.5, 0.6) is 0 Å². The van der Waals surface area contributed by atoms with Crippen molar-refractivity contribution in [2.24, 2.45) is 0 Å². The Morgan fingerprint density at radius 3 is 1.52 bits per heavy atom. The van der Waals surface area contributed by atoms with Gasteiger partial charge in [0.05, 0.1) is 0 Å². The summed E-state index contributed by atoms with van der Waals surface area (Å²) in [7, 11) is 0. The van der Waals surface area contributed by atoms with Crippen LogP contribution in [0.25, 0.3) is 78.0 Å². The Morgan fingerprint density at radius 2 is 0.870 bits per heavy atom. The first kappa shape index (κ1) is 31.4. The topological polar surface area (TPSA) is 55.1 Å². The Labute approximate surface area is 312 Å². The molecular formula is C49H32N4O. The third kappa shape index (κ3) is 5.65. The van der Waals surface area contributed by atoms with Crippen LogP contribution in [0.1, 0.15) is 0 Å². The molecule has 54 heavy (non-hydrogen) atoms. The number of para-hydroxylation sites is 2. The summed E-state index contributed by atoms with van der Waals surface area (Å²) in [6.07, 6.45) is 0. The largest absolute Gasteiger partial charge is 0.455 e. The van der Waals surface area contributed by atoms with Crippen LogP contribution < -0.4 is 4.90 Å². The number of furan rings is 1. The standard InChI is InChI=1S/C49H32N4O/c1-5-15-33(16-6-1)34-25-28-39(29-26-34)53(38-21-11-4-12-22-38)40-30-27-37-31-43(45-41-23-13-14-24-44(41)54-46(45)42(37)32-40)49-51-47(35-17-7-2-8-18-35)50-48(52-49)36-19-9-3-10-20-36/h1-32H. The lowest BCUT2D eigenvalue weighted by molar-refractivity contribution is 0.672. The van der Waals surface area contributed by atoms with Crippen LogP contribution in [0.3, 0.4) is 0 Å². The van der Waals surface area contributed by atoms with Crippen molar-refractivity contribution in [2.45, 2.75) is 0 Å². The third-order valence-electron chi connectivity index (χ3n) is 9.89. The zero-order valence-corrected chi connectivity index (χ0v) is 29.2. The van der Waals surface area contributed by atoms with E-state index in [9.17, 15) is 0 Å². The molecule has 5 heteroatoms. The second-order valence-corrected chi connectivity index (χ2v) is 13.3. The molecule has 0 aliphatic carbocycles. The molecule has 254 valence electrons. The van der Waals surface area contributed by atoms with Crippen LogP contribution in [0.4, 0.5) is 17.1 Å². The average Bonchev–Trinajstić information content (AvgIpc) is 3.65. The molecule has 0 atom stereocenters.